The van der Waals surface area contributed by atoms with Crippen molar-refractivity contribution in [2.45, 2.75) is 83.7 Å². The predicted molar refractivity (Wildman–Crippen MR) is 83.2 cm³/mol. The van der Waals surface area contributed by atoms with Crippen molar-refractivity contribution in [3.8, 4) is 0 Å². The third-order valence-corrected chi connectivity index (χ3v) is 5.64. The second-order valence-corrected chi connectivity index (χ2v) is 7.58. The van der Waals surface area contributed by atoms with Crippen molar-refractivity contribution in [1.29, 1.82) is 0 Å². The molecule has 0 aromatic heterocycles. The lowest BCUT2D eigenvalue weighted by Gasteiger charge is -2.44. The lowest BCUT2D eigenvalue weighted by Crippen LogP contribution is -2.55. The van der Waals surface area contributed by atoms with E-state index in [-0.39, 0.29) is 5.54 Å². The van der Waals surface area contributed by atoms with Gasteiger partial charge in [-0.05, 0) is 63.8 Å². The summed E-state index contributed by atoms with van der Waals surface area (Å²) in [6, 6.07) is 0.836. The zero-order chi connectivity index (χ0) is 13.9. The average Bonchev–Trinajstić information content (AvgIpc) is 3.05. The van der Waals surface area contributed by atoms with Crippen LogP contribution >= 0.6 is 0 Å². The molecule has 1 saturated carbocycles. The molecule has 2 N–H and O–H groups in total. The van der Waals surface area contributed by atoms with E-state index in [1.165, 1.54) is 57.9 Å². The van der Waals surface area contributed by atoms with Gasteiger partial charge in [0.05, 0.1) is 0 Å². The summed E-state index contributed by atoms with van der Waals surface area (Å²) < 4.78 is 0. The van der Waals surface area contributed by atoms with Crippen LogP contribution in [0.5, 0.6) is 0 Å². The average molecular weight is 266 g/mol. The summed E-state index contributed by atoms with van der Waals surface area (Å²) in [6.45, 7) is 9.18. The molecule has 1 aliphatic carbocycles. The van der Waals surface area contributed by atoms with Crippen LogP contribution in [0, 0.1) is 11.8 Å². The first-order valence-corrected chi connectivity index (χ1v) is 8.53. The van der Waals surface area contributed by atoms with E-state index in [1.54, 1.807) is 0 Å². The second-order valence-electron chi connectivity index (χ2n) is 7.58. The van der Waals surface area contributed by atoms with Crippen LogP contribution in [0.2, 0.25) is 0 Å². The quantitative estimate of drug-likeness (QED) is 0.792. The van der Waals surface area contributed by atoms with Gasteiger partial charge in [-0.25, -0.2) is 0 Å². The summed E-state index contributed by atoms with van der Waals surface area (Å²) in [5.41, 5.74) is 6.44. The molecule has 0 spiro atoms. The first-order chi connectivity index (χ1) is 9.07. The lowest BCUT2D eigenvalue weighted by molar-refractivity contribution is 0.0561. The standard InChI is InChI=1S/C17H34N2/c1-14(2)10-11-17(3,13-18)19-12-6-9-16(19)15-7-4-5-8-15/h14-16H,4-13,18H2,1-3H3. The summed E-state index contributed by atoms with van der Waals surface area (Å²) in [5.74, 6) is 1.76. The number of hydrogen-bond donors (Lipinski definition) is 1. The molecule has 0 radical (unpaired) electrons. The van der Waals surface area contributed by atoms with E-state index < -0.39 is 0 Å². The summed E-state index contributed by atoms with van der Waals surface area (Å²) in [6.07, 6.45) is 11.2. The maximum absolute atomic E-state index is 6.19. The fourth-order valence-electron chi connectivity index (χ4n) is 4.26. The highest BCUT2D eigenvalue weighted by Gasteiger charge is 2.41. The number of nitrogens with zero attached hydrogens (tertiary/aromatic N) is 1. The minimum Gasteiger partial charge on any atom is -0.329 e. The summed E-state index contributed by atoms with van der Waals surface area (Å²) >= 11 is 0. The summed E-state index contributed by atoms with van der Waals surface area (Å²) in [5, 5.41) is 0. The Morgan fingerprint density at radius 1 is 1.16 bits per heavy atom. The van der Waals surface area contributed by atoms with Crippen molar-refractivity contribution in [3.05, 3.63) is 0 Å². The lowest BCUT2D eigenvalue weighted by atomic mass is 9.87. The molecule has 1 aliphatic heterocycles. The van der Waals surface area contributed by atoms with Crippen molar-refractivity contribution in [1.82, 2.24) is 4.90 Å². The van der Waals surface area contributed by atoms with Crippen molar-refractivity contribution < 1.29 is 0 Å². The van der Waals surface area contributed by atoms with Gasteiger partial charge >= 0.3 is 0 Å². The minimum absolute atomic E-state index is 0.244. The molecule has 1 heterocycles. The molecule has 2 rings (SSSR count). The number of nitrogens with two attached hydrogens (primary N) is 1. The molecule has 0 aromatic rings. The van der Waals surface area contributed by atoms with Crippen LogP contribution < -0.4 is 5.73 Å². The topological polar surface area (TPSA) is 29.3 Å². The van der Waals surface area contributed by atoms with E-state index in [9.17, 15) is 0 Å². The third kappa shape index (κ3) is 3.52. The van der Waals surface area contributed by atoms with Gasteiger partial charge in [0.15, 0.2) is 0 Å². The molecule has 0 amide bonds. The van der Waals surface area contributed by atoms with Crippen LogP contribution in [0.3, 0.4) is 0 Å². The van der Waals surface area contributed by atoms with E-state index in [4.69, 9.17) is 5.73 Å². The van der Waals surface area contributed by atoms with Crippen LogP contribution in [0.15, 0.2) is 0 Å². The normalized spacial score (nSPS) is 29.2. The second kappa shape index (κ2) is 6.58. The Kier molecular flexibility index (Phi) is 5.30. The van der Waals surface area contributed by atoms with Gasteiger partial charge in [0.1, 0.15) is 0 Å². The van der Waals surface area contributed by atoms with Gasteiger partial charge in [0.2, 0.25) is 0 Å². The highest BCUT2D eigenvalue weighted by atomic mass is 15.3. The molecular formula is C17H34N2. The van der Waals surface area contributed by atoms with Gasteiger partial charge in [-0.2, -0.15) is 0 Å². The Bertz CT molecular complexity index is 270. The minimum atomic E-state index is 0.244. The first-order valence-electron chi connectivity index (χ1n) is 8.53. The first kappa shape index (κ1) is 15.3. The number of rotatable bonds is 6. The molecule has 2 heteroatoms. The van der Waals surface area contributed by atoms with Crippen LogP contribution in [0.25, 0.3) is 0 Å². The van der Waals surface area contributed by atoms with Gasteiger partial charge in [0, 0.05) is 18.1 Å². The van der Waals surface area contributed by atoms with Crippen molar-refractivity contribution in [3.63, 3.8) is 0 Å². The maximum Gasteiger partial charge on any atom is 0.0306 e. The molecule has 112 valence electrons. The molecule has 0 aromatic carbocycles. The molecule has 1 saturated heterocycles. The molecule has 19 heavy (non-hydrogen) atoms. The van der Waals surface area contributed by atoms with E-state index in [2.05, 4.69) is 25.7 Å². The van der Waals surface area contributed by atoms with Gasteiger partial charge < -0.3 is 5.73 Å². The van der Waals surface area contributed by atoms with Crippen molar-refractivity contribution in [2.75, 3.05) is 13.1 Å². The number of likely N-dealkylation sites (tertiary alicyclic amines) is 1. The summed E-state index contributed by atoms with van der Waals surface area (Å²) in [4.78, 5) is 2.81. The predicted octanol–water partition coefficient (Wildman–Crippen LogP) is 3.79. The van der Waals surface area contributed by atoms with Gasteiger partial charge in [0.25, 0.3) is 0 Å². The SMILES string of the molecule is CC(C)CCC(C)(CN)N1CCCC1C1CCCC1. The van der Waals surface area contributed by atoms with E-state index in [0.29, 0.717) is 0 Å². The smallest absolute Gasteiger partial charge is 0.0306 e. The highest BCUT2D eigenvalue weighted by molar-refractivity contribution is 4.97. The van der Waals surface area contributed by atoms with Gasteiger partial charge in [-0.1, -0.05) is 26.7 Å². The molecule has 2 atom stereocenters. The van der Waals surface area contributed by atoms with Crippen LogP contribution in [-0.4, -0.2) is 29.6 Å². The monoisotopic (exact) mass is 266 g/mol. The van der Waals surface area contributed by atoms with Crippen molar-refractivity contribution >= 4 is 0 Å². The third-order valence-electron chi connectivity index (χ3n) is 5.64. The van der Waals surface area contributed by atoms with E-state index >= 15 is 0 Å². The highest BCUT2D eigenvalue weighted by Crippen LogP contribution is 2.39. The van der Waals surface area contributed by atoms with Crippen LogP contribution in [0.1, 0.15) is 72.1 Å². The van der Waals surface area contributed by atoms with Gasteiger partial charge in [-0.3, -0.25) is 4.90 Å². The van der Waals surface area contributed by atoms with Crippen molar-refractivity contribution in [2.24, 2.45) is 17.6 Å². The van der Waals surface area contributed by atoms with Crippen LogP contribution in [0.4, 0.5) is 0 Å². The molecule has 2 aliphatic rings. The Balaban J connectivity index is 2.02. The molecule has 2 unspecified atom stereocenters. The van der Waals surface area contributed by atoms with Gasteiger partial charge in [-0.15, -0.1) is 0 Å². The van der Waals surface area contributed by atoms with E-state index in [0.717, 1.165) is 24.4 Å². The molecule has 2 fully saturated rings. The molecule has 2 nitrogen and oxygen atoms in total. The van der Waals surface area contributed by atoms with E-state index in [1.807, 2.05) is 0 Å². The Morgan fingerprint density at radius 2 is 1.84 bits per heavy atom. The zero-order valence-corrected chi connectivity index (χ0v) is 13.3. The largest absolute Gasteiger partial charge is 0.329 e. The zero-order valence-electron chi connectivity index (χ0n) is 13.3. The fraction of sp³-hybridized carbons (Fsp3) is 1.00. The summed E-state index contributed by atoms with van der Waals surface area (Å²) in [7, 11) is 0. The van der Waals surface area contributed by atoms with Crippen LogP contribution in [-0.2, 0) is 0 Å². The molecular weight excluding hydrogens is 232 g/mol. The Hall–Kier alpha value is -0.0800. The number of hydrogen-bond acceptors (Lipinski definition) is 2. The Labute approximate surface area is 120 Å². The Morgan fingerprint density at radius 3 is 2.42 bits per heavy atom. The maximum atomic E-state index is 6.19. The fourth-order valence-corrected chi connectivity index (χ4v) is 4.26. The molecule has 0 bridgehead atoms.